The van der Waals surface area contributed by atoms with E-state index < -0.39 is 0 Å². The lowest BCUT2D eigenvalue weighted by atomic mass is 10.0. The van der Waals surface area contributed by atoms with Crippen LogP contribution in [0.3, 0.4) is 0 Å². The molecule has 6 nitrogen and oxygen atoms in total. The van der Waals surface area contributed by atoms with Gasteiger partial charge >= 0.3 is 0 Å². The third-order valence-corrected chi connectivity index (χ3v) is 5.25. The van der Waals surface area contributed by atoms with Crippen LogP contribution in [0.1, 0.15) is 49.3 Å². The minimum absolute atomic E-state index is 0.0177. The number of aromatic amines is 1. The second-order valence-corrected chi connectivity index (χ2v) is 8.72. The molecule has 31 heavy (non-hydrogen) atoms. The maximum atomic E-state index is 12.1. The van der Waals surface area contributed by atoms with Crippen LogP contribution in [-0.2, 0) is 11.2 Å². The fourth-order valence-electron chi connectivity index (χ4n) is 3.52. The Balaban J connectivity index is 1.59. The average molecular weight is 417 g/mol. The smallest absolute Gasteiger partial charge is 0.253 e. The minimum Gasteiger partial charge on any atom is -0.358 e. The Morgan fingerprint density at radius 2 is 2.00 bits per heavy atom. The van der Waals surface area contributed by atoms with Gasteiger partial charge in [0.05, 0.1) is 16.9 Å². The van der Waals surface area contributed by atoms with Crippen LogP contribution in [0.15, 0.2) is 53.7 Å². The number of carbonyl (C=O) groups is 1. The molecular formula is C25H28N4O2. The van der Waals surface area contributed by atoms with Crippen LogP contribution in [0, 0.1) is 0 Å². The van der Waals surface area contributed by atoms with Gasteiger partial charge in [0.2, 0.25) is 0 Å². The number of carbonyl (C=O) groups excluding carboxylic acids is 1. The van der Waals surface area contributed by atoms with Crippen molar-refractivity contribution >= 4 is 11.6 Å². The molecule has 0 spiro atoms. The molecule has 2 aromatic heterocycles. The fourth-order valence-corrected chi connectivity index (χ4v) is 3.52. The average Bonchev–Trinajstić information content (AvgIpc) is 3.19. The summed E-state index contributed by atoms with van der Waals surface area (Å²) < 4.78 is 5.71. The summed E-state index contributed by atoms with van der Waals surface area (Å²) in [5, 5.41) is 2.89. The molecule has 0 saturated carbocycles. The first-order valence-corrected chi connectivity index (χ1v) is 10.5. The molecule has 1 aromatic carbocycles. The molecule has 1 amide bonds. The molecule has 2 N–H and O–H groups in total. The van der Waals surface area contributed by atoms with Crippen LogP contribution in [0.5, 0.6) is 0 Å². The molecule has 1 aliphatic rings. The fraction of sp³-hybridized carbons (Fsp3) is 0.320. The maximum Gasteiger partial charge on any atom is 0.253 e. The molecular weight excluding hydrogens is 388 g/mol. The molecule has 0 unspecified atom stereocenters. The van der Waals surface area contributed by atoms with E-state index in [1.807, 2.05) is 64.1 Å². The number of aliphatic imine (C=N–C) groups is 1. The highest BCUT2D eigenvalue weighted by atomic mass is 16.5. The molecule has 3 heterocycles. The largest absolute Gasteiger partial charge is 0.358 e. The van der Waals surface area contributed by atoms with E-state index in [1.165, 1.54) is 0 Å². The molecule has 3 aromatic rings. The maximum absolute atomic E-state index is 12.1. The molecule has 0 fully saturated rings. The second kappa shape index (κ2) is 8.47. The van der Waals surface area contributed by atoms with Gasteiger partial charge in [-0.1, -0.05) is 18.2 Å². The summed E-state index contributed by atoms with van der Waals surface area (Å²) in [5.41, 5.74) is 7.28. The summed E-state index contributed by atoms with van der Waals surface area (Å²) in [4.78, 5) is 24.6. The normalized spacial score (nSPS) is 14.3. The third-order valence-electron chi connectivity index (χ3n) is 5.25. The van der Waals surface area contributed by atoms with E-state index in [1.54, 1.807) is 6.20 Å². The summed E-state index contributed by atoms with van der Waals surface area (Å²) >= 11 is 0. The van der Waals surface area contributed by atoms with Crippen molar-refractivity contribution in [3.8, 4) is 22.5 Å². The number of ether oxygens (including phenoxy) is 1. The number of aromatic nitrogens is 2. The standard InChI is InChI=1S/C25H28N4O2/c1-16(28-15-31-25(2,3)4)17-6-5-7-18(12-17)22-13-19(8-10-26-22)23-14-20-21(29-23)9-11-27-24(20)30/h5-8,10,12-14,29H,9,11,15H2,1-4H3,(H,27,30)/b28-16+. The van der Waals surface area contributed by atoms with Crippen molar-refractivity contribution in [3.63, 3.8) is 0 Å². The summed E-state index contributed by atoms with van der Waals surface area (Å²) in [6, 6.07) is 14.1. The summed E-state index contributed by atoms with van der Waals surface area (Å²) in [6.45, 7) is 9.04. The van der Waals surface area contributed by atoms with E-state index >= 15 is 0 Å². The number of fused-ring (bicyclic) bond motifs is 1. The topological polar surface area (TPSA) is 79.4 Å². The van der Waals surface area contributed by atoms with Crippen molar-refractivity contribution < 1.29 is 9.53 Å². The van der Waals surface area contributed by atoms with Crippen molar-refractivity contribution in [1.82, 2.24) is 15.3 Å². The molecule has 0 atom stereocenters. The van der Waals surface area contributed by atoms with Crippen LogP contribution in [0.4, 0.5) is 0 Å². The molecule has 0 radical (unpaired) electrons. The van der Waals surface area contributed by atoms with Crippen molar-refractivity contribution in [2.24, 2.45) is 4.99 Å². The van der Waals surface area contributed by atoms with Gasteiger partial charge in [-0.25, -0.2) is 0 Å². The molecule has 160 valence electrons. The van der Waals surface area contributed by atoms with Gasteiger partial charge in [0.1, 0.15) is 6.73 Å². The third kappa shape index (κ3) is 4.91. The number of pyridine rings is 1. The molecule has 0 saturated heterocycles. The lowest BCUT2D eigenvalue weighted by molar-refractivity contribution is 0.00202. The van der Waals surface area contributed by atoms with Crippen molar-refractivity contribution in [3.05, 3.63) is 65.5 Å². The molecule has 6 heteroatoms. The Labute approximate surface area is 182 Å². The Hall–Kier alpha value is -3.25. The van der Waals surface area contributed by atoms with Gasteiger partial charge in [-0.3, -0.25) is 14.8 Å². The number of H-pyrrole nitrogens is 1. The quantitative estimate of drug-likeness (QED) is 0.596. The summed E-state index contributed by atoms with van der Waals surface area (Å²) in [7, 11) is 0. The number of benzene rings is 1. The molecule has 1 aliphatic heterocycles. The van der Waals surface area contributed by atoms with Crippen LogP contribution in [0.25, 0.3) is 22.5 Å². The number of rotatable bonds is 5. The Morgan fingerprint density at radius 3 is 2.77 bits per heavy atom. The first kappa shape index (κ1) is 21.0. The van der Waals surface area contributed by atoms with Crippen LogP contribution in [0.2, 0.25) is 0 Å². The van der Waals surface area contributed by atoms with E-state index in [2.05, 4.69) is 26.3 Å². The first-order chi connectivity index (χ1) is 14.8. The number of hydrogen-bond donors (Lipinski definition) is 2. The summed E-state index contributed by atoms with van der Waals surface area (Å²) in [5.74, 6) is -0.0177. The van der Waals surface area contributed by atoms with Crippen molar-refractivity contribution in [2.75, 3.05) is 13.3 Å². The van der Waals surface area contributed by atoms with Gasteiger partial charge in [-0.2, -0.15) is 0 Å². The SMILES string of the molecule is C/C(=N\COC(C)(C)C)c1cccc(-c2cc(-c3cc4c([nH]3)CCNC4=O)ccn2)c1. The summed E-state index contributed by atoms with van der Waals surface area (Å²) in [6.07, 6.45) is 2.62. The zero-order valence-corrected chi connectivity index (χ0v) is 18.5. The van der Waals surface area contributed by atoms with Gasteiger partial charge in [0.15, 0.2) is 0 Å². The van der Waals surface area contributed by atoms with Crippen LogP contribution in [-0.4, -0.2) is 40.5 Å². The van der Waals surface area contributed by atoms with E-state index in [0.717, 1.165) is 51.5 Å². The highest BCUT2D eigenvalue weighted by Crippen LogP contribution is 2.27. The highest BCUT2D eigenvalue weighted by Gasteiger charge is 2.20. The van der Waals surface area contributed by atoms with Gasteiger partial charge in [-0.15, -0.1) is 0 Å². The van der Waals surface area contributed by atoms with Crippen LogP contribution < -0.4 is 5.32 Å². The van der Waals surface area contributed by atoms with E-state index in [0.29, 0.717) is 13.3 Å². The van der Waals surface area contributed by atoms with E-state index in [4.69, 9.17) is 4.74 Å². The predicted molar refractivity (Wildman–Crippen MR) is 123 cm³/mol. The lowest BCUT2D eigenvalue weighted by Gasteiger charge is -2.17. The number of nitrogens with one attached hydrogen (secondary N) is 2. The molecule has 0 aliphatic carbocycles. The molecule has 4 rings (SSSR count). The monoisotopic (exact) mass is 416 g/mol. The zero-order valence-electron chi connectivity index (χ0n) is 18.5. The molecule has 0 bridgehead atoms. The highest BCUT2D eigenvalue weighted by molar-refractivity contribution is 6.00. The van der Waals surface area contributed by atoms with Crippen LogP contribution >= 0.6 is 0 Å². The number of amides is 1. The Bertz CT molecular complexity index is 1140. The van der Waals surface area contributed by atoms with Gasteiger partial charge in [-0.05, 0) is 57.5 Å². The van der Waals surface area contributed by atoms with Crippen molar-refractivity contribution in [1.29, 1.82) is 0 Å². The first-order valence-electron chi connectivity index (χ1n) is 10.5. The van der Waals surface area contributed by atoms with Crippen molar-refractivity contribution in [2.45, 2.75) is 39.7 Å². The number of hydrogen-bond acceptors (Lipinski definition) is 4. The van der Waals surface area contributed by atoms with Gasteiger partial charge in [0, 0.05) is 47.4 Å². The Morgan fingerprint density at radius 1 is 1.16 bits per heavy atom. The van der Waals surface area contributed by atoms with E-state index in [9.17, 15) is 4.79 Å². The van der Waals surface area contributed by atoms with E-state index in [-0.39, 0.29) is 11.5 Å². The number of nitrogens with zero attached hydrogens (tertiary/aromatic N) is 2. The zero-order chi connectivity index (χ0) is 22.0. The van der Waals surface area contributed by atoms with Gasteiger partial charge < -0.3 is 15.0 Å². The van der Waals surface area contributed by atoms with Gasteiger partial charge in [0.25, 0.3) is 5.91 Å². The lowest BCUT2D eigenvalue weighted by Crippen LogP contribution is -2.31. The second-order valence-electron chi connectivity index (χ2n) is 8.72. The predicted octanol–water partition coefficient (Wildman–Crippen LogP) is 4.61. The minimum atomic E-state index is -0.215. The Kier molecular flexibility index (Phi) is 5.74.